The molecule has 2 amide bonds. The molecule has 2 rings (SSSR count). The number of carboxylic acid groups (broad SMARTS) is 1. The lowest BCUT2D eigenvalue weighted by atomic mass is 9.99. The SMILES string of the molecule is Cc1ccc(C)c(NC(=O)N2CCC[C@@H](C(=O)O)C2)c1. The van der Waals surface area contributed by atoms with Gasteiger partial charge in [-0.25, -0.2) is 4.79 Å². The first-order valence-corrected chi connectivity index (χ1v) is 6.83. The zero-order chi connectivity index (χ0) is 14.7. The van der Waals surface area contributed by atoms with Gasteiger partial charge in [-0.2, -0.15) is 0 Å². The molecule has 1 heterocycles. The molecule has 5 nitrogen and oxygen atoms in total. The molecule has 0 bridgehead atoms. The number of rotatable bonds is 2. The van der Waals surface area contributed by atoms with Crippen LogP contribution >= 0.6 is 0 Å². The van der Waals surface area contributed by atoms with Crippen LogP contribution in [0.15, 0.2) is 18.2 Å². The zero-order valence-electron chi connectivity index (χ0n) is 11.8. The van der Waals surface area contributed by atoms with Gasteiger partial charge in [0, 0.05) is 18.8 Å². The lowest BCUT2D eigenvalue weighted by Gasteiger charge is -2.30. The maximum Gasteiger partial charge on any atom is 0.321 e. The minimum absolute atomic E-state index is 0.218. The van der Waals surface area contributed by atoms with Crippen LogP contribution in [0.5, 0.6) is 0 Å². The smallest absolute Gasteiger partial charge is 0.321 e. The van der Waals surface area contributed by atoms with Crippen LogP contribution in [0, 0.1) is 19.8 Å². The van der Waals surface area contributed by atoms with Crippen molar-refractivity contribution in [3.05, 3.63) is 29.3 Å². The van der Waals surface area contributed by atoms with Crippen molar-refractivity contribution in [1.82, 2.24) is 4.90 Å². The Bertz CT molecular complexity index is 528. The maximum atomic E-state index is 12.2. The number of amides is 2. The molecule has 0 radical (unpaired) electrons. The van der Waals surface area contributed by atoms with Gasteiger partial charge in [0.25, 0.3) is 0 Å². The van der Waals surface area contributed by atoms with Crippen molar-refractivity contribution in [3.63, 3.8) is 0 Å². The molecule has 0 aliphatic carbocycles. The quantitative estimate of drug-likeness (QED) is 0.872. The summed E-state index contributed by atoms with van der Waals surface area (Å²) in [7, 11) is 0. The molecule has 20 heavy (non-hydrogen) atoms. The number of likely N-dealkylation sites (tertiary alicyclic amines) is 1. The van der Waals surface area contributed by atoms with Crippen LogP contribution < -0.4 is 5.32 Å². The molecule has 1 fully saturated rings. The van der Waals surface area contributed by atoms with Gasteiger partial charge >= 0.3 is 12.0 Å². The van der Waals surface area contributed by atoms with Gasteiger partial charge in [0.05, 0.1) is 5.92 Å². The molecule has 0 unspecified atom stereocenters. The van der Waals surface area contributed by atoms with Crippen molar-refractivity contribution in [1.29, 1.82) is 0 Å². The van der Waals surface area contributed by atoms with Gasteiger partial charge in [0.2, 0.25) is 0 Å². The van der Waals surface area contributed by atoms with Crippen molar-refractivity contribution in [2.45, 2.75) is 26.7 Å². The minimum atomic E-state index is -0.825. The fourth-order valence-corrected chi connectivity index (χ4v) is 2.43. The van der Waals surface area contributed by atoms with Crippen molar-refractivity contribution in [3.8, 4) is 0 Å². The van der Waals surface area contributed by atoms with E-state index in [1.54, 1.807) is 4.90 Å². The van der Waals surface area contributed by atoms with Crippen LogP contribution in [-0.2, 0) is 4.79 Å². The number of benzene rings is 1. The van der Waals surface area contributed by atoms with Crippen LogP contribution in [0.3, 0.4) is 0 Å². The first kappa shape index (κ1) is 14.4. The van der Waals surface area contributed by atoms with Gasteiger partial charge in [-0.05, 0) is 43.9 Å². The molecule has 1 aromatic rings. The molecule has 0 aromatic heterocycles. The van der Waals surface area contributed by atoms with Crippen LogP contribution in [0.25, 0.3) is 0 Å². The Balaban J connectivity index is 2.04. The van der Waals surface area contributed by atoms with Gasteiger partial charge in [-0.1, -0.05) is 12.1 Å². The number of urea groups is 1. The second kappa shape index (κ2) is 5.94. The van der Waals surface area contributed by atoms with Crippen LogP contribution in [0.4, 0.5) is 10.5 Å². The third-order valence-electron chi connectivity index (χ3n) is 3.69. The number of carbonyl (C=O) groups is 2. The second-order valence-electron chi connectivity index (χ2n) is 5.37. The Kier molecular flexibility index (Phi) is 4.27. The molecule has 1 aliphatic rings. The summed E-state index contributed by atoms with van der Waals surface area (Å²) >= 11 is 0. The molecule has 2 N–H and O–H groups in total. The van der Waals surface area contributed by atoms with Gasteiger partial charge in [-0.15, -0.1) is 0 Å². The number of hydrogen-bond acceptors (Lipinski definition) is 2. The summed E-state index contributed by atoms with van der Waals surface area (Å²) in [6, 6.07) is 5.66. The van der Waals surface area contributed by atoms with E-state index in [-0.39, 0.29) is 12.6 Å². The van der Waals surface area contributed by atoms with E-state index in [4.69, 9.17) is 5.11 Å². The van der Waals surface area contributed by atoms with Crippen molar-refractivity contribution in [2.75, 3.05) is 18.4 Å². The average molecular weight is 276 g/mol. The number of anilines is 1. The Hall–Kier alpha value is -2.04. The Labute approximate surface area is 118 Å². The number of nitrogens with zero attached hydrogens (tertiary/aromatic N) is 1. The molecule has 1 aromatic carbocycles. The summed E-state index contributed by atoms with van der Waals surface area (Å²) in [6.07, 6.45) is 1.37. The second-order valence-corrected chi connectivity index (χ2v) is 5.37. The average Bonchev–Trinajstić information content (AvgIpc) is 2.43. The summed E-state index contributed by atoms with van der Waals surface area (Å²) in [4.78, 5) is 24.8. The van der Waals surface area contributed by atoms with E-state index in [2.05, 4.69) is 5.32 Å². The number of carboxylic acids is 1. The lowest BCUT2D eigenvalue weighted by Crippen LogP contribution is -2.44. The van der Waals surface area contributed by atoms with E-state index in [0.29, 0.717) is 13.0 Å². The number of aliphatic carboxylic acids is 1. The summed E-state index contributed by atoms with van der Waals surface area (Å²) in [5.74, 6) is -1.28. The standard InChI is InChI=1S/C15H20N2O3/c1-10-5-6-11(2)13(8-10)16-15(20)17-7-3-4-12(9-17)14(18)19/h5-6,8,12H,3-4,7,9H2,1-2H3,(H,16,20)(H,18,19)/t12-/m1/s1. The highest BCUT2D eigenvalue weighted by atomic mass is 16.4. The van der Waals surface area contributed by atoms with Crippen molar-refractivity contribution < 1.29 is 14.7 Å². The van der Waals surface area contributed by atoms with Crippen molar-refractivity contribution in [2.24, 2.45) is 5.92 Å². The summed E-state index contributed by atoms with van der Waals surface area (Å²) < 4.78 is 0. The maximum absolute atomic E-state index is 12.2. The first-order valence-electron chi connectivity index (χ1n) is 6.83. The molecular formula is C15H20N2O3. The number of carbonyl (C=O) groups excluding carboxylic acids is 1. The van der Waals surface area contributed by atoms with Gasteiger partial charge in [0.15, 0.2) is 0 Å². The number of aryl methyl sites for hydroxylation is 2. The Morgan fingerprint density at radius 2 is 2.10 bits per heavy atom. The predicted octanol–water partition coefficient (Wildman–Crippen LogP) is 2.63. The topological polar surface area (TPSA) is 69.6 Å². The normalized spacial score (nSPS) is 18.7. The zero-order valence-corrected chi connectivity index (χ0v) is 11.8. The van der Waals surface area contributed by atoms with Gasteiger partial charge in [-0.3, -0.25) is 4.79 Å². The van der Waals surface area contributed by atoms with E-state index < -0.39 is 11.9 Å². The predicted molar refractivity (Wildman–Crippen MR) is 76.9 cm³/mol. The lowest BCUT2D eigenvalue weighted by molar-refractivity contribution is -0.143. The molecule has 5 heteroatoms. The molecule has 1 aliphatic heterocycles. The molecule has 108 valence electrons. The third-order valence-corrected chi connectivity index (χ3v) is 3.69. The minimum Gasteiger partial charge on any atom is -0.481 e. The molecule has 1 saturated heterocycles. The van der Waals surface area contributed by atoms with E-state index in [9.17, 15) is 9.59 Å². The van der Waals surface area contributed by atoms with E-state index in [0.717, 1.165) is 23.2 Å². The fraction of sp³-hybridized carbons (Fsp3) is 0.467. The highest BCUT2D eigenvalue weighted by molar-refractivity contribution is 5.90. The Morgan fingerprint density at radius 3 is 2.80 bits per heavy atom. The number of nitrogens with one attached hydrogen (secondary N) is 1. The highest BCUT2D eigenvalue weighted by Crippen LogP contribution is 2.20. The van der Waals surface area contributed by atoms with Crippen LogP contribution in [0.2, 0.25) is 0 Å². The third kappa shape index (κ3) is 3.29. The van der Waals surface area contributed by atoms with E-state index in [1.165, 1.54) is 0 Å². The van der Waals surface area contributed by atoms with Crippen molar-refractivity contribution >= 4 is 17.7 Å². The summed E-state index contributed by atoms with van der Waals surface area (Å²) in [5.41, 5.74) is 2.86. The van der Waals surface area contributed by atoms with Crippen LogP contribution in [0.1, 0.15) is 24.0 Å². The summed E-state index contributed by atoms with van der Waals surface area (Å²) in [5, 5.41) is 11.9. The molecule has 1 atom stereocenters. The van der Waals surface area contributed by atoms with E-state index >= 15 is 0 Å². The van der Waals surface area contributed by atoms with Gasteiger partial charge in [0.1, 0.15) is 0 Å². The van der Waals surface area contributed by atoms with E-state index in [1.807, 2.05) is 32.0 Å². The first-order chi connectivity index (χ1) is 9.47. The van der Waals surface area contributed by atoms with Crippen LogP contribution in [-0.4, -0.2) is 35.1 Å². The van der Waals surface area contributed by atoms with Gasteiger partial charge < -0.3 is 15.3 Å². The molecule has 0 saturated carbocycles. The highest BCUT2D eigenvalue weighted by Gasteiger charge is 2.28. The Morgan fingerprint density at radius 1 is 1.35 bits per heavy atom. The molecular weight excluding hydrogens is 256 g/mol. The summed E-state index contributed by atoms with van der Waals surface area (Å²) in [6.45, 7) is 4.80. The largest absolute Gasteiger partial charge is 0.481 e. The number of piperidine rings is 1. The number of hydrogen-bond donors (Lipinski definition) is 2. The monoisotopic (exact) mass is 276 g/mol. The molecule has 0 spiro atoms. The fourth-order valence-electron chi connectivity index (χ4n) is 2.43.